The first-order chi connectivity index (χ1) is 15.1. The molecule has 8 nitrogen and oxygen atoms in total. The van der Waals surface area contributed by atoms with Crippen molar-refractivity contribution < 1.29 is 9.34 Å². The third-order valence-electron chi connectivity index (χ3n) is 4.70. The number of nitro groups is 1. The number of fused-ring (bicyclic) bond motifs is 1. The van der Waals surface area contributed by atoms with E-state index in [1.165, 1.54) is 21.9 Å². The predicted octanol–water partition coefficient (Wildman–Crippen LogP) is 3.46. The zero-order chi connectivity index (χ0) is 21.4. The first-order valence-electron chi connectivity index (χ1n) is 9.36. The Hall–Kier alpha value is -4.11. The molecule has 0 N–H and O–H groups in total. The quantitative estimate of drug-likeness (QED) is 0.312. The van der Waals surface area contributed by atoms with Crippen LogP contribution in [0, 0.1) is 10.1 Å². The number of hydrogen-bond donors (Lipinski definition) is 0. The molecule has 0 aliphatic heterocycles. The maximum atomic E-state index is 12.7. The summed E-state index contributed by atoms with van der Waals surface area (Å²) in [4.78, 5) is 28.5. The third kappa shape index (κ3) is 3.62. The number of thiazole rings is 1. The number of para-hydroxylation sites is 1. The van der Waals surface area contributed by atoms with E-state index in [-0.39, 0.29) is 11.2 Å². The predicted molar refractivity (Wildman–Crippen MR) is 116 cm³/mol. The van der Waals surface area contributed by atoms with E-state index in [1.807, 2.05) is 30.3 Å². The molecule has 0 radical (unpaired) electrons. The second kappa shape index (κ2) is 7.62. The Balaban J connectivity index is 1.47. The number of nitrogens with zero attached hydrogens (tertiary/aromatic N) is 4. The van der Waals surface area contributed by atoms with Crippen LogP contribution in [0.25, 0.3) is 22.4 Å². The van der Waals surface area contributed by atoms with Crippen LogP contribution < -0.4 is 10.1 Å². The lowest BCUT2D eigenvalue weighted by Gasteiger charge is -1.98. The van der Waals surface area contributed by atoms with Crippen molar-refractivity contribution in [1.82, 2.24) is 14.6 Å². The minimum absolute atomic E-state index is 0.0438. The first kappa shape index (κ1) is 18.9. The summed E-state index contributed by atoms with van der Waals surface area (Å²) in [6.07, 6.45) is 2.14. The van der Waals surface area contributed by atoms with Crippen LogP contribution in [0.3, 0.4) is 0 Å². The zero-order valence-electron chi connectivity index (χ0n) is 16.0. The van der Waals surface area contributed by atoms with Gasteiger partial charge in [-0.15, -0.1) is 5.10 Å². The van der Waals surface area contributed by atoms with Gasteiger partial charge in [0.25, 0.3) is 11.2 Å². The van der Waals surface area contributed by atoms with Crippen molar-refractivity contribution >= 4 is 28.1 Å². The summed E-state index contributed by atoms with van der Waals surface area (Å²) in [5.74, 6) is 1.35. The number of hydrogen-bond acceptors (Lipinski definition) is 7. The maximum absolute atomic E-state index is 12.7. The zero-order valence-corrected chi connectivity index (χ0v) is 16.8. The van der Waals surface area contributed by atoms with Gasteiger partial charge in [-0.3, -0.25) is 14.9 Å². The van der Waals surface area contributed by atoms with Crippen LogP contribution in [0.4, 0.5) is 5.69 Å². The van der Waals surface area contributed by atoms with Gasteiger partial charge in [0.2, 0.25) is 4.96 Å². The number of benzene rings is 2. The van der Waals surface area contributed by atoms with Crippen LogP contribution in [0.15, 0.2) is 75.9 Å². The summed E-state index contributed by atoms with van der Waals surface area (Å²) in [5.41, 5.74) is 1.12. The van der Waals surface area contributed by atoms with Crippen molar-refractivity contribution in [3.8, 4) is 11.3 Å². The molecule has 9 heteroatoms. The van der Waals surface area contributed by atoms with Crippen LogP contribution in [0.1, 0.15) is 17.1 Å². The van der Waals surface area contributed by atoms with E-state index in [9.17, 15) is 14.9 Å². The first-order valence-corrected chi connectivity index (χ1v) is 10.2. The molecule has 5 aromatic rings. The fraction of sp³-hybridized carbons (Fsp3) is 0.0455. The van der Waals surface area contributed by atoms with Crippen molar-refractivity contribution in [3.63, 3.8) is 0 Å². The molecule has 0 fully saturated rings. The molecule has 0 saturated heterocycles. The van der Waals surface area contributed by atoms with Gasteiger partial charge in [0.05, 0.1) is 10.5 Å². The third-order valence-corrected chi connectivity index (χ3v) is 5.66. The second-order valence-corrected chi connectivity index (χ2v) is 7.79. The Morgan fingerprint density at radius 1 is 1.06 bits per heavy atom. The summed E-state index contributed by atoms with van der Waals surface area (Å²) in [7, 11) is 0. The van der Waals surface area contributed by atoms with Gasteiger partial charge in [-0.1, -0.05) is 53.8 Å². The van der Waals surface area contributed by atoms with Crippen molar-refractivity contribution in [1.29, 1.82) is 0 Å². The number of rotatable bonds is 5. The topological polar surface area (TPSA) is 104 Å². The summed E-state index contributed by atoms with van der Waals surface area (Å²) in [6, 6.07) is 19.5. The molecule has 0 aliphatic carbocycles. The average Bonchev–Trinajstić information content (AvgIpc) is 3.46. The lowest BCUT2D eigenvalue weighted by atomic mass is 10.1. The molecule has 152 valence electrons. The monoisotopic (exact) mass is 430 g/mol. The van der Waals surface area contributed by atoms with Gasteiger partial charge in [-0.25, -0.2) is 4.98 Å². The highest BCUT2D eigenvalue weighted by molar-refractivity contribution is 7.15. The smallest absolute Gasteiger partial charge is 0.291 e. The number of nitro benzene ring substituents is 1. The molecule has 2 aromatic carbocycles. The fourth-order valence-corrected chi connectivity index (χ4v) is 4.18. The van der Waals surface area contributed by atoms with Crippen LogP contribution >= 0.6 is 11.3 Å². The van der Waals surface area contributed by atoms with E-state index < -0.39 is 4.92 Å². The molecule has 0 atom stereocenters. The average molecular weight is 430 g/mol. The molecular weight excluding hydrogens is 416 g/mol. The molecule has 0 aliphatic rings. The number of furan rings is 1. The van der Waals surface area contributed by atoms with Gasteiger partial charge >= 0.3 is 0 Å². The highest BCUT2D eigenvalue weighted by atomic mass is 32.1. The van der Waals surface area contributed by atoms with Gasteiger partial charge < -0.3 is 4.42 Å². The Bertz CT molecular complexity index is 1520. The van der Waals surface area contributed by atoms with Gasteiger partial charge in [0, 0.05) is 18.6 Å². The van der Waals surface area contributed by atoms with E-state index in [2.05, 4.69) is 10.1 Å². The SMILES string of the molecule is O=c1/c(=C/c2ccc(-c3ccccc3[N+](=O)[O-])o2)sc2nc(Cc3ccccc3)nn12. The molecule has 0 saturated carbocycles. The normalized spacial score (nSPS) is 11.9. The fourth-order valence-electron chi connectivity index (χ4n) is 3.27. The molecular formula is C22H14N4O4S. The molecule has 0 bridgehead atoms. The van der Waals surface area contributed by atoms with Crippen molar-refractivity contribution in [3.05, 3.63) is 109 Å². The molecule has 0 spiro atoms. The lowest BCUT2D eigenvalue weighted by molar-refractivity contribution is -0.384. The molecule has 0 amide bonds. The Morgan fingerprint density at radius 2 is 1.84 bits per heavy atom. The van der Waals surface area contributed by atoms with Crippen LogP contribution in [0.2, 0.25) is 0 Å². The molecule has 5 rings (SSSR count). The minimum Gasteiger partial charge on any atom is -0.456 e. The van der Waals surface area contributed by atoms with Crippen LogP contribution in [-0.2, 0) is 6.42 Å². The molecule has 3 aromatic heterocycles. The summed E-state index contributed by atoms with van der Waals surface area (Å²) in [5, 5.41) is 15.6. The summed E-state index contributed by atoms with van der Waals surface area (Å²) < 4.78 is 7.47. The molecule has 3 heterocycles. The number of aromatic nitrogens is 3. The van der Waals surface area contributed by atoms with E-state index in [1.54, 1.807) is 36.4 Å². The molecule has 0 unspecified atom stereocenters. The standard InChI is InChI=1S/C22H14N4O4S/c27-21-19(31-22-23-20(24-25(21)22)12-14-6-2-1-3-7-14)13-15-10-11-18(30-15)16-8-4-5-9-17(16)26(28)29/h1-11,13H,12H2/b19-13-. The summed E-state index contributed by atoms with van der Waals surface area (Å²) in [6.45, 7) is 0. The van der Waals surface area contributed by atoms with Crippen LogP contribution in [0.5, 0.6) is 0 Å². The lowest BCUT2D eigenvalue weighted by Crippen LogP contribution is -2.23. The minimum atomic E-state index is -0.454. The highest BCUT2D eigenvalue weighted by Crippen LogP contribution is 2.30. The van der Waals surface area contributed by atoms with E-state index in [0.717, 1.165) is 5.56 Å². The summed E-state index contributed by atoms with van der Waals surface area (Å²) >= 11 is 1.22. The van der Waals surface area contributed by atoms with E-state index in [4.69, 9.17) is 4.42 Å². The second-order valence-electron chi connectivity index (χ2n) is 6.78. The highest BCUT2D eigenvalue weighted by Gasteiger charge is 2.17. The maximum Gasteiger partial charge on any atom is 0.291 e. The van der Waals surface area contributed by atoms with E-state index >= 15 is 0 Å². The van der Waals surface area contributed by atoms with E-state index in [0.29, 0.717) is 38.8 Å². The van der Waals surface area contributed by atoms with Gasteiger partial charge in [0.15, 0.2) is 5.82 Å². The van der Waals surface area contributed by atoms with Gasteiger partial charge in [-0.05, 0) is 23.8 Å². The van der Waals surface area contributed by atoms with Gasteiger partial charge in [-0.2, -0.15) is 4.52 Å². The Kier molecular flexibility index (Phi) is 4.64. The van der Waals surface area contributed by atoms with Crippen molar-refractivity contribution in [2.45, 2.75) is 6.42 Å². The molecule has 31 heavy (non-hydrogen) atoms. The van der Waals surface area contributed by atoms with Crippen LogP contribution in [-0.4, -0.2) is 19.5 Å². The largest absolute Gasteiger partial charge is 0.456 e. The Labute approximate surface area is 178 Å². The van der Waals surface area contributed by atoms with Crippen molar-refractivity contribution in [2.75, 3.05) is 0 Å². The van der Waals surface area contributed by atoms with Gasteiger partial charge in [0.1, 0.15) is 16.1 Å². The van der Waals surface area contributed by atoms with Crippen molar-refractivity contribution in [2.24, 2.45) is 0 Å². The Morgan fingerprint density at radius 3 is 2.61 bits per heavy atom.